The van der Waals surface area contributed by atoms with Crippen molar-refractivity contribution >= 4 is 23.8 Å². The van der Waals surface area contributed by atoms with E-state index in [4.69, 9.17) is 21.7 Å². The van der Waals surface area contributed by atoms with Crippen LogP contribution < -0.4 is 20.3 Å². The average Bonchev–Trinajstić information content (AvgIpc) is 2.53. The molecule has 1 aromatic heterocycles. The molecule has 1 aliphatic heterocycles. The van der Waals surface area contributed by atoms with Crippen molar-refractivity contribution in [2.24, 2.45) is 0 Å². The molecule has 0 aliphatic carbocycles. The van der Waals surface area contributed by atoms with Gasteiger partial charge in [0.2, 0.25) is 0 Å². The van der Waals surface area contributed by atoms with E-state index in [1.54, 1.807) is 32.0 Å². The van der Waals surface area contributed by atoms with Crippen LogP contribution in [0.5, 0.6) is 11.5 Å². The van der Waals surface area contributed by atoms with Gasteiger partial charge in [-0.2, -0.15) is 0 Å². The van der Waals surface area contributed by atoms with Gasteiger partial charge in [0.15, 0.2) is 10.6 Å². The van der Waals surface area contributed by atoms with Gasteiger partial charge in [0, 0.05) is 12.3 Å². The minimum absolute atomic E-state index is 0.180. The Kier molecular flexibility index (Phi) is 4.22. The second-order valence-electron chi connectivity index (χ2n) is 6.01. The largest absolute Gasteiger partial charge is 0.497 e. The van der Waals surface area contributed by atoms with E-state index in [0.717, 1.165) is 0 Å². The molecule has 7 nitrogen and oxygen atoms in total. The third-order valence-corrected chi connectivity index (χ3v) is 4.03. The van der Waals surface area contributed by atoms with Crippen molar-refractivity contribution in [3.8, 4) is 11.5 Å². The number of aromatic nitrogens is 2. The number of anilines is 1. The number of Topliss-reactive ketones (excluding diaryl/α,β-unsaturated/α-hetero) is 1. The first-order chi connectivity index (χ1) is 11.8. The minimum Gasteiger partial charge on any atom is -0.497 e. The molecule has 2 heterocycles. The highest BCUT2D eigenvalue weighted by molar-refractivity contribution is 7.71. The maximum atomic E-state index is 12.9. The first-order valence-electron chi connectivity index (χ1n) is 7.53. The van der Waals surface area contributed by atoms with Crippen molar-refractivity contribution in [3.63, 3.8) is 0 Å². The molecule has 25 heavy (non-hydrogen) atoms. The van der Waals surface area contributed by atoms with Crippen molar-refractivity contribution in [1.29, 1.82) is 0 Å². The Bertz CT molecular complexity index is 960. The second-order valence-corrected chi connectivity index (χ2v) is 6.42. The second kappa shape index (κ2) is 6.21. The predicted molar refractivity (Wildman–Crippen MR) is 96.0 cm³/mol. The highest BCUT2D eigenvalue weighted by Gasteiger charge is 2.38. The van der Waals surface area contributed by atoms with Gasteiger partial charge in [-0.3, -0.25) is 14.6 Å². The van der Waals surface area contributed by atoms with Gasteiger partial charge < -0.3 is 19.8 Å². The normalized spacial score (nSPS) is 16.9. The Labute approximate surface area is 148 Å². The summed E-state index contributed by atoms with van der Waals surface area (Å²) in [6, 6.07) is 6.41. The maximum Gasteiger partial charge on any atom is 0.253 e. The zero-order valence-electron chi connectivity index (χ0n) is 13.9. The zero-order valence-corrected chi connectivity index (χ0v) is 14.7. The van der Waals surface area contributed by atoms with Crippen LogP contribution in [0.1, 0.15) is 24.2 Å². The molecule has 130 valence electrons. The van der Waals surface area contributed by atoms with Gasteiger partial charge in [0.1, 0.15) is 22.9 Å². The van der Waals surface area contributed by atoms with E-state index in [1.165, 1.54) is 19.4 Å². The molecular formula is C17H17N3O4S. The van der Waals surface area contributed by atoms with Crippen LogP contribution in [0.2, 0.25) is 0 Å². The summed E-state index contributed by atoms with van der Waals surface area (Å²) in [7, 11) is 1.54. The van der Waals surface area contributed by atoms with E-state index < -0.39 is 5.60 Å². The molecule has 3 rings (SSSR count). The maximum absolute atomic E-state index is 12.9. The van der Waals surface area contributed by atoms with Gasteiger partial charge in [-0.25, -0.2) is 0 Å². The zero-order chi connectivity index (χ0) is 18.2. The van der Waals surface area contributed by atoms with E-state index in [9.17, 15) is 9.59 Å². The molecule has 1 aliphatic rings. The Hall–Kier alpha value is -2.87. The fourth-order valence-electron chi connectivity index (χ4n) is 2.59. The molecule has 0 saturated carbocycles. The fraction of sp³-hybridized carbons (Fsp3) is 0.235. The van der Waals surface area contributed by atoms with Crippen molar-refractivity contribution < 1.29 is 14.3 Å². The number of hydrogen-bond donors (Lipinski definition) is 3. The number of nitrogens with one attached hydrogen (secondary N) is 3. The smallest absolute Gasteiger partial charge is 0.253 e. The van der Waals surface area contributed by atoms with Crippen molar-refractivity contribution in [1.82, 2.24) is 9.97 Å². The van der Waals surface area contributed by atoms with Gasteiger partial charge in [-0.15, -0.1) is 0 Å². The summed E-state index contributed by atoms with van der Waals surface area (Å²) >= 11 is 4.93. The van der Waals surface area contributed by atoms with Crippen LogP contribution in [0.25, 0.3) is 0 Å². The van der Waals surface area contributed by atoms with Gasteiger partial charge >= 0.3 is 0 Å². The van der Waals surface area contributed by atoms with Crippen LogP contribution in [-0.4, -0.2) is 28.5 Å². The van der Waals surface area contributed by atoms with E-state index in [1.807, 2.05) is 0 Å². The molecule has 0 saturated heterocycles. The van der Waals surface area contributed by atoms with Crippen LogP contribution in [0.4, 0.5) is 5.82 Å². The van der Waals surface area contributed by atoms with Crippen LogP contribution in [0, 0.1) is 4.77 Å². The van der Waals surface area contributed by atoms with Crippen LogP contribution in [-0.2, 0) is 0 Å². The Morgan fingerprint density at radius 3 is 2.68 bits per heavy atom. The number of rotatable bonds is 3. The Morgan fingerprint density at radius 2 is 2.00 bits per heavy atom. The number of fused-ring (bicyclic) bond motifs is 1. The van der Waals surface area contributed by atoms with Gasteiger partial charge in [0.25, 0.3) is 5.56 Å². The quantitative estimate of drug-likeness (QED) is 0.576. The summed E-state index contributed by atoms with van der Waals surface area (Å²) in [5.41, 5.74) is -0.354. The molecule has 0 fully saturated rings. The third kappa shape index (κ3) is 3.34. The van der Waals surface area contributed by atoms with Crippen LogP contribution in [0.3, 0.4) is 0 Å². The number of ether oxygens (including phenoxy) is 2. The predicted octanol–water partition coefficient (Wildman–Crippen LogP) is 2.79. The molecule has 0 bridgehead atoms. The summed E-state index contributed by atoms with van der Waals surface area (Å²) in [5, 5.41) is 2.91. The summed E-state index contributed by atoms with van der Waals surface area (Å²) in [5.74, 6) is 1.27. The van der Waals surface area contributed by atoms with Gasteiger partial charge in [0.05, 0.1) is 18.2 Å². The molecule has 8 heteroatoms. The number of carbonyl (C=O) groups is 1. The van der Waals surface area contributed by atoms with Crippen molar-refractivity contribution in [2.45, 2.75) is 19.4 Å². The highest BCUT2D eigenvalue weighted by Crippen LogP contribution is 2.38. The van der Waals surface area contributed by atoms with E-state index in [2.05, 4.69) is 15.3 Å². The highest BCUT2D eigenvalue weighted by atomic mass is 32.1. The van der Waals surface area contributed by atoms with E-state index in [-0.39, 0.29) is 16.1 Å². The molecule has 0 unspecified atom stereocenters. The number of hydrogen-bond acceptors (Lipinski definition) is 6. The van der Waals surface area contributed by atoms with Crippen LogP contribution in [0.15, 0.2) is 40.8 Å². The molecule has 1 aromatic carbocycles. The molecule has 0 radical (unpaired) electrons. The lowest BCUT2D eigenvalue weighted by Crippen LogP contribution is -2.39. The fourth-order valence-corrected chi connectivity index (χ4v) is 2.80. The first kappa shape index (κ1) is 17.0. The summed E-state index contributed by atoms with van der Waals surface area (Å²) < 4.78 is 11.3. The number of H-pyrrole nitrogens is 2. The molecule has 0 amide bonds. The lowest BCUT2D eigenvalue weighted by Gasteiger charge is -2.34. The molecule has 0 spiro atoms. The molecule has 0 atom stereocenters. The number of methoxy groups -OCH3 is 1. The third-order valence-electron chi connectivity index (χ3n) is 3.82. The van der Waals surface area contributed by atoms with Crippen molar-refractivity contribution in [2.75, 3.05) is 12.4 Å². The SMILES string of the molecule is COc1ccc2c(c1)C(=O)/C(=C/Nc1cc(=O)[nH]c(=S)[nH]1)C(C)(C)O2. The van der Waals surface area contributed by atoms with Crippen LogP contribution >= 0.6 is 12.2 Å². The molecule has 2 aromatic rings. The van der Waals surface area contributed by atoms with E-state index in [0.29, 0.717) is 28.5 Å². The molecular weight excluding hydrogens is 342 g/mol. The average molecular weight is 359 g/mol. The molecule has 3 N–H and O–H groups in total. The Balaban J connectivity index is 2.00. The number of ketones is 1. The van der Waals surface area contributed by atoms with Gasteiger partial charge in [-0.05, 0) is 44.3 Å². The lowest BCUT2D eigenvalue weighted by atomic mass is 9.87. The Morgan fingerprint density at radius 1 is 1.24 bits per heavy atom. The standard InChI is InChI=1S/C17H17N3O4S/c1-17(2)11(8-18-13-7-14(21)20-16(25)19-13)15(22)10-6-9(23-3)4-5-12(10)24-17/h4-8H,1-3H3,(H3,18,19,20,21,25)/b11-8-. The lowest BCUT2D eigenvalue weighted by molar-refractivity contribution is 0.0855. The monoisotopic (exact) mass is 359 g/mol. The number of carbonyl (C=O) groups excluding carboxylic acids is 1. The summed E-state index contributed by atoms with van der Waals surface area (Å²) in [6.07, 6.45) is 1.52. The summed E-state index contributed by atoms with van der Waals surface area (Å²) in [6.45, 7) is 3.59. The number of benzene rings is 1. The summed E-state index contributed by atoms with van der Waals surface area (Å²) in [4.78, 5) is 29.6. The minimum atomic E-state index is -0.844. The van der Waals surface area contributed by atoms with Gasteiger partial charge in [-0.1, -0.05) is 0 Å². The van der Waals surface area contributed by atoms with E-state index >= 15 is 0 Å². The first-order valence-corrected chi connectivity index (χ1v) is 7.93. The van der Waals surface area contributed by atoms with Crippen molar-refractivity contribution in [3.05, 3.63) is 56.7 Å². The topological polar surface area (TPSA) is 96.2 Å². The number of aromatic amines is 2.